The Labute approximate surface area is 114 Å². The van der Waals surface area contributed by atoms with Gasteiger partial charge < -0.3 is 10.0 Å². The number of anilines is 1. The molecule has 2 rings (SSSR count). The number of aliphatic hydroxyl groups is 1. The second kappa shape index (κ2) is 5.69. The zero-order valence-corrected chi connectivity index (χ0v) is 11.4. The molecule has 1 N–H and O–H groups in total. The van der Waals surface area contributed by atoms with Crippen LogP contribution < -0.4 is 4.90 Å². The summed E-state index contributed by atoms with van der Waals surface area (Å²) in [5, 5.41) is 9.25. The maximum atomic E-state index is 13.1. The van der Waals surface area contributed by atoms with E-state index in [9.17, 15) is 9.50 Å². The molecule has 5 heteroatoms. The van der Waals surface area contributed by atoms with E-state index in [0.717, 1.165) is 14.9 Å². The zero-order valence-electron chi connectivity index (χ0n) is 9.86. The number of hydrogen-bond donors (Lipinski definition) is 1. The normalized spacial score (nSPS) is 10.7. The molecule has 1 heterocycles. The first-order valence-electron chi connectivity index (χ1n) is 5.45. The van der Waals surface area contributed by atoms with Crippen molar-refractivity contribution < 1.29 is 9.50 Å². The molecule has 1 aromatic heterocycles. The van der Waals surface area contributed by atoms with Crippen LogP contribution in [-0.2, 0) is 13.2 Å². The lowest BCUT2D eigenvalue weighted by Crippen LogP contribution is -2.17. The van der Waals surface area contributed by atoms with E-state index in [1.165, 1.54) is 23.5 Å². The number of halogens is 2. The van der Waals surface area contributed by atoms with Crippen LogP contribution in [0.1, 0.15) is 10.4 Å². The highest BCUT2D eigenvalue weighted by Gasteiger charge is 2.09. The molecule has 0 atom stereocenters. The van der Waals surface area contributed by atoms with Crippen LogP contribution in [0.3, 0.4) is 0 Å². The van der Waals surface area contributed by atoms with Gasteiger partial charge in [-0.05, 0) is 30.3 Å². The number of hydrogen-bond acceptors (Lipinski definition) is 3. The summed E-state index contributed by atoms with van der Waals surface area (Å²) in [7, 11) is 1.90. The highest BCUT2D eigenvalue weighted by Crippen LogP contribution is 2.26. The van der Waals surface area contributed by atoms with Gasteiger partial charge in [0.15, 0.2) is 0 Å². The average molecular weight is 286 g/mol. The summed E-state index contributed by atoms with van der Waals surface area (Å²) in [5.74, 6) is -0.338. The second-order valence-electron chi connectivity index (χ2n) is 3.99. The predicted molar refractivity (Wildman–Crippen MR) is 73.8 cm³/mol. The fraction of sp³-hybridized carbons (Fsp3) is 0.231. The fourth-order valence-electron chi connectivity index (χ4n) is 1.81. The lowest BCUT2D eigenvalue weighted by Gasteiger charge is -2.21. The summed E-state index contributed by atoms with van der Waals surface area (Å²) in [6.07, 6.45) is 0. The zero-order chi connectivity index (χ0) is 13.1. The summed E-state index contributed by atoms with van der Waals surface area (Å²) in [6, 6.07) is 8.24. The van der Waals surface area contributed by atoms with Gasteiger partial charge in [0.25, 0.3) is 0 Å². The summed E-state index contributed by atoms with van der Waals surface area (Å²) in [5.41, 5.74) is 1.41. The van der Waals surface area contributed by atoms with Crippen molar-refractivity contribution in [3.8, 4) is 0 Å². The molecular formula is C13H13ClFNOS. The second-order valence-corrected chi connectivity index (χ2v) is 5.79. The van der Waals surface area contributed by atoms with Crippen molar-refractivity contribution in [3.63, 3.8) is 0 Å². The minimum Gasteiger partial charge on any atom is -0.392 e. The summed E-state index contributed by atoms with van der Waals surface area (Å²) in [4.78, 5) is 3.09. The molecule has 0 aliphatic carbocycles. The Morgan fingerprint density at radius 2 is 2.11 bits per heavy atom. The van der Waals surface area contributed by atoms with Gasteiger partial charge in [0.1, 0.15) is 5.82 Å². The molecule has 0 spiro atoms. The minimum atomic E-state index is -0.338. The van der Waals surface area contributed by atoms with E-state index in [0.29, 0.717) is 12.1 Å². The predicted octanol–water partition coefficient (Wildman–Crippen LogP) is 3.67. The maximum absolute atomic E-state index is 13.1. The number of thiophene rings is 1. The van der Waals surface area contributed by atoms with Crippen LogP contribution in [0.15, 0.2) is 30.3 Å². The Morgan fingerprint density at radius 1 is 1.33 bits per heavy atom. The molecule has 0 unspecified atom stereocenters. The molecule has 0 bridgehead atoms. The van der Waals surface area contributed by atoms with Gasteiger partial charge in [-0.2, -0.15) is 0 Å². The minimum absolute atomic E-state index is 0.178. The summed E-state index contributed by atoms with van der Waals surface area (Å²) in [6.45, 7) is 0.499. The van der Waals surface area contributed by atoms with E-state index in [-0.39, 0.29) is 12.4 Å². The Balaban J connectivity index is 2.20. The lowest BCUT2D eigenvalue weighted by molar-refractivity contribution is 0.281. The first kappa shape index (κ1) is 13.3. The van der Waals surface area contributed by atoms with Crippen molar-refractivity contribution in [2.24, 2.45) is 0 Å². The third-order valence-electron chi connectivity index (χ3n) is 2.64. The van der Waals surface area contributed by atoms with Gasteiger partial charge in [0.2, 0.25) is 0 Å². The molecule has 96 valence electrons. The van der Waals surface area contributed by atoms with Crippen molar-refractivity contribution in [3.05, 3.63) is 50.9 Å². The Bertz CT molecular complexity index is 544. The topological polar surface area (TPSA) is 23.5 Å². The van der Waals surface area contributed by atoms with Crippen molar-refractivity contribution in [2.45, 2.75) is 13.2 Å². The average Bonchev–Trinajstić information content (AvgIpc) is 2.74. The van der Waals surface area contributed by atoms with Crippen molar-refractivity contribution >= 4 is 28.6 Å². The van der Waals surface area contributed by atoms with Crippen molar-refractivity contribution in [1.29, 1.82) is 0 Å². The van der Waals surface area contributed by atoms with Crippen molar-refractivity contribution in [1.82, 2.24) is 0 Å². The standard InChI is InChI=1S/C13H13ClFNOS/c1-16(7-11-3-5-13(14)18-11)12-4-2-10(15)6-9(12)8-17/h2-6,17H,7-8H2,1H3. The van der Waals surface area contributed by atoms with Gasteiger partial charge in [-0.15, -0.1) is 11.3 Å². The van der Waals surface area contributed by atoms with Crippen LogP contribution in [0, 0.1) is 5.82 Å². The van der Waals surface area contributed by atoms with Gasteiger partial charge in [-0.3, -0.25) is 0 Å². The molecule has 0 fully saturated rings. The molecule has 2 nitrogen and oxygen atoms in total. The maximum Gasteiger partial charge on any atom is 0.123 e. The Morgan fingerprint density at radius 3 is 2.72 bits per heavy atom. The molecule has 0 radical (unpaired) electrons. The SMILES string of the molecule is CN(Cc1ccc(Cl)s1)c1ccc(F)cc1CO. The number of nitrogens with zero attached hydrogens (tertiary/aromatic N) is 1. The molecule has 0 saturated carbocycles. The smallest absolute Gasteiger partial charge is 0.123 e. The third kappa shape index (κ3) is 3.02. The third-order valence-corrected chi connectivity index (χ3v) is 3.86. The van der Waals surface area contributed by atoms with E-state index >= 15 is 0 Å². The molecular weight excluding hydrogens is 273 g/mol. The van der Waals surface area contributed by atoms with Crippen LogP contribution in [-0.4, -0.2) is 12.2 Å². The molecule has 0 aliphatic heterocycles. The first-order valence-corrected chi connectivity index (χ1v) is 6.64. The van der Waals surface area contributed by atoms with Crippen molar-refractivity contribution in [2.75, 3.05) is 11.9 Å². The highest BCUT2D eigenvalue weighted by atomic mass is 35.5. The van der Waals surface area contributed by atoms with Gasteiger partial charge in [-0.25, -0.2) is 4.39 Å². The highest BCUT2D eigenvalue weighted by molar-refractivity contribution is 7.16. The van der Waals surface area contributed by atoms with E-state index < -0.39 is 0 Å². The summed E-state index contributed by atoms with van der Waals surface area (Å²) < 4.78 is 13.8. The quantitative estimate of drug-likeness (QED) is 0.926. The monoisotopic (exact) mass is 285 g/mol. The fourth-order valence-corrected chi connectivity index (χ4v) is 2.95. The number of rotatable bonds is 4. The van der Waals surface area contributed by atoms with Crippen LogP contribution in [0.5, 0.6) is 0 Å². The van der Waals surface area contributed by atoms with Crippen LogP contribution >= 0.6 is 22.9 Å². The first-order chi connectivity index (χ1) is 8.60. The molecule has 2 aromatic rings. The van der Waals surface area contributed by atoms with E-state index in [2.05, 4.69) is 0 Å². The van der Waals surface area contributed by atoms with E-state index in [1.807, 2.05) is 24.1 Å². The molecule has 0 aliphatic rings. The summed E-state index contributed by atoms with van der Waals surface area (Å²) >= 11 is 7.39. The molecule has 0 saturated heterocycles. The van der Waals surface area contributed by atoms with Crippen LogP contribution in [0.25, 0.3) is 0 Å². The number of benzene rings is 1. The Kier molecular flexibility index (Phi) is 4.22. The molecule has 1 aromatic carbocycles. The van der Waals surface area contributed by atoms with Crippen LogP contribution in [0.4, 0.5) is 10.1 Å². The van der Waals surface area contributed by atoms with E-state index in [4.69, 9.17) is 11.6 Å². The largest absolute Gasteiger partial charge is 0.392 e. The van der Waals surface area contributed by atoms with Gasteiger partial charge in [0.05, 0.1) is 17.5 Å². The van der Waals surface area contributed by atoms with Crippen LogP contribution in [0.2, 0.25) is 4.34 Å². The number of aliphatic hydroxyl groups excluding tert-OH is 1. The lowest BCUT2D eigenvalue weighted by atomic mass is 10.1. The van der Waals surface area contributed by atoms with E-state index in [1.54, 1.807) is 6.07 Å². The van der Waals surface area contributed by atoms with Gasteiger partial charge in [0, 0.05) is 23.2 Å². The van der Waals surface area contributed by atoms with Gasteiger partial charge in [-0.1, -0.05) is 11.6 Å². The Hall–Kier alpha value is -1.10. The molecule has 0 amide bonds. The molecule has 18 heavy (non-hydrogen) atoms. The van der Waals surface area contributed by atoms with Gasteiger partial charge >= 0.3 is 0 Å².